The van der Waals surface area contributed by atoms with E-state index >= 15 is 0 Å². The van der Waals surface area contributed by atoms with Gasteiger partial charge in [-0.1, -0.05) is 13.8 Å². The second kappa shape index (κ2) is 4.97. The number of anilines is 1. The number of carboxylic acids is 1. The molecular formula is C16H17NO6. The smallest absolute Gasteiger partial charge is 0.307 e. The summed E-state index contributed by atoms with van der Waals surface area (Å²) in [6.45, 7) is 4.91. The molecule has 7 nitrogen and oxygen atoms in total. The SMILES string of the molecule is CC(=O)c1cc2c(cc1NC(=O)[C@H]1[C@@H](C(=O)O)C1(C)C)OCO2. The molecule has 1 amide bonds. The summed E-state index contributed by atoms with van der Waals surface area (Å²) < 4.78 is 10.5. The zero-order valence-electron chi connectivity index (χ0n) is 13.0. The number of hydrogen-bond acceptors (Lipinski definition) is 5. The summed E-state index contributed by atoms with van der Waals surface area (Å²) in [5.41, 5.74) is -0.00523. The van der Waals surface area contributed by atoms with Crippen LogP contribution in [0.2, 0.25) is 0 Å². The van der Waals surface area contributed by atoms with Crippen LogP contribution in [0.5, 0.6) is 11.5 Å². The maximum absolute atomic E-state index is 12.4. The Morgan fingerprint density at radius 1 is 1.17 bits per heavy atom. The van der Waals surface area contributed by atoms with E-state index in [-0.39, 0.29) is 12.6 Å². The molecule has 1 aromatic rings. The van der Waals surface area contributed by atoms with Crippen molar-refractivity contribution in [3.8, 4) is 11.5 Å². The molecule has 1 fully saturated rings. The van der Waals surface area contributed by atoms with Crippen LogP contribution in [0.25, 0.3) is 0 Å². The van der Waals surface area contributed by atoms with E-state index in [1.165, 1.54) is 19.1 Å². The molecule has 1 aliphatic carbocycles. The van der Waals surface area contributed by atoms with Gasteiger partial charge in [-0.25, -0.2) is 0 Å². The number of nitrogens with one attached hydrogen (secondary N) is 1. The molecule has 7 heteroatoms. The lowest BCUT2D eigenvalue weighted by molar-refractivity contribution is -0.140. The minimum atomic E-state index is -0.993. The summed E-state index contributed by atoms with van der Waals surface area (Å²) in [6, 6.07) is 3.05. The number of carbonyl (C=O) groups is 3. The van der Waals surface area contributed by atoms with Crippen molar-refractivity contribution < 1.29 is 29.0 Å². The fraction of sp³-hybridized carbons (Fsp3) is 0.438. The van der Waals surface area contributed by atoms with Gasteiger partial charge in [0.25, 0.3) is 0 Å². The highest BCUT2D eigenvalue weighted by Gasteiger charge is 2.65. The van der Waals surface area contributed by atoms with Crippen molar-refractivity contribution in [3.05, 3.63) is 17.7 Å². The standard InChI is InChI=1S/C16H17NO6/c1-7(18)8-4-10-11(23-6-22-10)5-9(8)17-14(19)12-13(15(20)21)16(12,2)3/h4-5,12-13H,6H2,1-3H3,(H,17,19)(H,20,21)/t12-,13+/m1/s1. The van der Waals surface area contributed by atoms with Crippen LogP contribution in [0.3, 0.4) is 0 Å². The monoisotopic (exact) mass is 319 g/mol. The van der Waals surface area contributed by atoms with Crippen LogP contribution >= 0.6 is 0 Å². The summed E-state index contributed by atoms with van der Waals surface area (Å²) in [5, 5.41) is 11.8. The van der Waals surface area contributed by atoms with Gasteiger partial charge in [-0.2, -0.15) is 0 Å². The number of ketones is 1. The average Bonchev–Trinajstić information content (AvgIpc) is 2.79. The van der Waals surface area contributed by atoms with E-state index in [1.54, 1.807) is 13.8 Å². The zero-order valence-corrected chi connectivity index (χ0v) is 13.0. The fourth-order valence-corrected chi connectivity index (χ4v) is 3.14. The van der Waals surface area contributed by atoms with Gasteiger partial charge in [0.2, 0.25) is 12.7 Å². The molecule has 2 N–H and O–H groups in total. The molecule has 23 heavy (non-hydrogen) atoms. The topological polar surface area (TPSA) is 102 Å². The van der Waals surface area contributed by atoms with Gasteiger partial charge in [-0.15, -0.1) is 0 Å². The van der Waals surface area contributed by atoms with Gasteiger partial charge in [0.05, 0.1) is 17.5 Å². The van der Waals surface area contributed by atoms with Crippen LogP contribution in [0.1, 0.15) is 31.1 Å². The van der Waals surface area contributed by atoms with Gasteiger partial charge in [-0.3, -0.25) is 14.4 Å². The maximum atomic E-state index is 12.4. The lowest BCUT2D eigenvalue weighted by atomic mass is 10.1. The molecule has 1 heterocycles. The molecule has 2 aliphatic rings. The molecule has 1 saturated carbocycles. The number of Topliss-reactive ketones (excluding diaryl/α,β-unsaturated/α-hetero) is 1. The molecule has 2 atom stereocenters. The summed E-state index contributed by atoms with van der Waals surface area (Å²) in [7, 11) is 0. The third-order valence-corrected chi connectivity index (χ3v) is 4.53. The number of carbonyl (C=O) groups excluding carboxylic acids is 2. The molecule has 1 aliphatic heterocycles. The van der Waals surface area contributed by atoms with E-state index < -0.39 is 29.1 Å². The van der Waals surface area contributed by atoms with E-state index in [2.05, 4.69) is 5.32 Å². The third-order valence-electron chi connectivity index (χ3n) is 4.53. The predicted molar refractivity (Wildman–Crippen MR) is 79.6 cm³/mol. The van der Waals surface area contributed by atoms with Gasteiger partial charge in [0.15, 0.2) is 17.3 Å². The van der Waals surface area contributed by atoms with Crippen molar-refractivity contribution in [2.45, 2.75) is 20.8 Å². The van der Waals surface area contributed by atoms with Crippen LogP contribution < -0.4 is 14.8 Å². The Hall–Kier alpha value is -2.57. The molecule has 0 saturated heterocycles. The van der Waals surface area contributed by atoms with E-state index in [4.69, 9.17) is 9.47 Å². The summed E-state index contributed by atoms with van der Waals surface area (Å²) in [6.07, 6.45) is 0. The molecular weight excluding hydrogens is 302 g/mol. The number of fused-ring (bicyclic) bond motifs is 1. The van der Waals surface area contributed by atoms with Crippen LogP contribution in [0, 0.1) is 17.3 Å². The van der Waals surface area contributed by atoms with E-state index in [1.807, 2.05) is 0 Å². The molecule has 0 bridgehead atoms. The largest absolute Gasteiger partial charge is 0.481 e. The molecule has 1 aromatic carbocycles. The molecule has 0 radical (unpaired) electrons. The molecule has 0 aromatic heterocycles. The van der Waals surface area contributed by atoms with E-state index in [0.29, 0.717) is 22.7 Å². The molecule has 122 valence electrons. The maximum Gasteiger partial charge on any atom is 0.307 e. The number of carboxylic acid groups (broad SMARTS) is 1. The second-order valence-corrected chi connectivity index (χ2v) is 6.41. The van der Waals surface area contributed by atoms with Crippen LogP contribution in [0.4, 0.5) is 5.69 Å². The van der Waals surface area contributed by atoms with Crippen LogP contribution in [0.15, 0.2) is 12.1 Å². The Bertz CT molecular complexity index is 724. The average molecular weight is 319 g/mol. The van der Waals surface area contributed by atoms with Crippen LogP contribution in [-0.2, 0) is 9.59 Å². The first-order chi connectivity index (χ1) is 10.7. The molecule has 0 unspecified atom stereocenters. The minimum absolute atomic E-state index is 0.0564. The number of aliphatic carboxylic acids is 1. The van der Waals surface area contributed by atoms with Crippen molar-refractivity contribution in [2.24, 2.45) is 17.3 Å². The predicted octanol–water partition coefficient (Wildman–Crippen LogP) is 1.91. The first-order valence-corrected chi connectivity index (χ1v) is 7.21. The Balaban J connectivity index is 1.87. The Labute approximate surface area is 132 Å². The van der Waals surface area contributed by atoms with Crippen molar-refractivity contribution in [1.29, 1.82) is 0 Å². The number of benzene rings is 1. The van der Waals surface area contributed by atoms with Crippen molar-refractivity contribution >= 4 is 23.3 Å². The number of hydrogen-bond donors (Lipinski definition) is 2. The van der Waals surface area contributed by atoms with Gasteiger partial charge >= 0.3 is 5.97 Å². The van der Waals surface area contributed by atoms with E-state index in [0.717, 1.165) is 0 Å². The molecule has 0 spiro atoms. The van der Waals surface area contributed by atoms with Gasteiger partial charge < -0.3 is 19.9 Å². The zero-order chi connectivity index (χ0) is 16.9. The van der Waals surface area contributed by atoms with Crippen LogP contribution in [-0.4, -0.2) is 29.6 Å². The highest BCUT2D eigenvalue weighted by atomic mass is 16.7. The van der Waals surface area contributed by atoms with Gasteiger partial charge in [0, 0.05) is 11.6 Å². The Kier molecular flexibility index (Phi) is 3.31. The minimum Gasteiger partial charge on any atom is -0.481 e. The highest BCUT2D eigenvalue weighted by molar-refractivity contribution is 6.06. The normalized spacial score (nSPS) is 23.3. The number of ether oxygens (including phenoxy) is 2. The van der Waals surface area contributed by atoms with Crippen molar-refractivity contribution in [1.82, 2.24) is 0 Å². The van der Waals surface area contributed by atoms with Gasteiger partial charge in [-0.05, 0) is 18.4 Å². The summed E-state index contributed by atoms with van der Waals surface area (Å²) >= 11 is 0. The van der Waals surface area contributed by atoms with Gasteiger partial charge in [0.1, 0.15) is 0 Å². The summed E-state index contributed by atoms with van der Waals surface area (Å²) in [5.74, 6) is -2.11. The highest BCUT2D eigenvalue weighted by Crippen LogP contribution is 2.58. The second-order valence-electron chi connectivity index (χ2n) is 6.41. The Morgan fingerprint density at radius 2 is 1.78 bits per heavy atom. The lowest BCUT2D eigenvalue weighted by Crippen LogP contribution is -2.19. The molecule has 3 rings (SSSR count). The summed E-state index contributed by atoms with van der Waals surface area (Å²) in [4.78, 5) is 35.4. The Morgan fingerprint density at radius 3 is 2.30 bits per heavy atom. The van der Waals surface area contributed by atoms with Crippen molar-refractivity contribution in [3.63, 3.8) is 0 Å². The fourth-order valence-electron chi connectivity index (χ4n) is 3.14. The first-order valence-electron chi connectivity index (χ1n) is 7.21. The lowest BCUT2D eigenvalue weighted by Gasteiger charge is -2.11. The van der Waals surface area contributed by atoms with Crippen molar-refractivity contribution in [2.75, 3.05) is 12.1 Å². The quantitative estimate of drug-likeness (QED) is 0.822. The number of rotatable bonds is 4. The first kappa shape index (κ1) is 15.3. The van der Waals surface area contributed by atoms with E-state index in [9.17, 15) is 19.5 Å². The number of amides is 1. The third kappa shape index (κ3) is 2.42.